The zero-order valence-electron chi connectivity index (χ0n) is 6.26. The van der Waals surface area contributed by atoms with Crippen LogP contribution in [-0.4, -0.2) is 0 Å². The predicted molar refractivity (Wildman–Crippen MR) is 49.2 cm³/mol. The Balaban J connectivity index is 3.01. The van der Waals surface area contributed by atoms with Crippen LogP contribution in [0.4, 0.5) is 0 Å². The van der Waals surface area contributed by atoms with Crippen LogP contribution in [0.3, 0.4) is 0 Å². The van der Waals surface area contributed by atoms with Crippen LogP contribution < -0.4 is 0 Å². The van der Waals surface area contributed by atoms with E-state index in [1.807, 2.05) is 25.1 Å². The van der Waals surface area contributed by atoms with Gasteiger partial charge in [0.25, 0.3) is 0 Å². The van der Waals surface area contributed by atoms with E-state index in [9.17, 15) is 0 Å². The van der Waals surface area contributed by atoms with E-state index >= 15 is 0 Å². The summed E-state index contributed by atoms with van der Waals surface area (Å²) < 4.78 is 1.04. The maximum atomic E-state index is 6.69. The lowest BCUT2D eigenvalue weighted by molar-refractivity contribution is 1.23. The maximum Gasteiger partial charge on any atom is 0.240 e. The predicted octanol–water partition coefficient (Wildman–Crippen LogP) is 3.18. The summed E-state index contributed by atoms with van der Waals surface area (Å²) in [6.45, 7) is 9.19. The summed E-state index contributed by atoms with van der Waals surface area (Å²) in [5.74, 6) is 0. The normalized spacial score (nSPS) is 9.18. The van der Waals surface area contributed by atoms with E-state index in [0.29, 0.717) is 6.54 Å². The van der Waals surface area contributed by atoms with Gasteiger partial charge in [-0.1, -0.05) is 28.1 Å². The largest absolute Gasteiger partial charge is 0.312 e. The minimum atomic E-state index is 0.459. The van der Waals surface area contributed by atoms with Crippen molar-refractivity contribution in [1.29, 1.82) is 0 Å². The molecule has 0 radical (unpaired) electrons. The summed E-state index contributed by atoms with van der Waals surface area (Å²) in [5, 5.41) is 0. The molecule has 0 amide bonds. The lowest BCUT2D eigenvalue weighted by Crippen LogP contribution is -1.82. The first-order chi connectivity index (χ1) is 5.24. The molecule has 1 aromatic carbocycles. The van der Waals surface area contributed by atoms with Gasteiger partial charge in [-0.2, -0.15) is 0 Å². The number of hydrogen-bond donors (Lipinski definition) is 0. The molecule has 0 aromatic heterocycles. The number of halogens is 1. The molecule has 0 aliphatic rings. The Hall–Kier alpha value is -0.810. The first-order valence-corrected chi connectivity index (χ1v) is 4.11. The number of nitrogens with zero attached hydrogens (tertiary/aromatic N) is 1. The van der Waals surface area contributed by atoms with Gasteiger partial charge < -0.3 is 4.85 Å². The van der Waals surface area contributed by atoms with Crippen molar-refractivity contribution in [2.45, 2.75) is 13.5 Å². The summed E-state index contributed by atoms with van der Waals surface area (Å²) >= 11 is 3.40. The molecular formula is C9H8BrN. The number of hydrogen-bond acceptors (Lipinski definition) is 0. The van der Waals surface area contributed by atoms with Crippen LogP contribution in [0.25, 0.3) is 4.85 Å². The Morgan fingerprint density at radius 2 is 2.27 bits per heavy atom. The zero-order valence-corrected chi connectivity index (χ0v) is 7.85. The lowest BCUT2D eigenvalue weighted by atomic mass is 10.1. The zero-order chi connectivity index (χ0) is 8.27. The average Bonchev–Trinajstić information content (AvgIpc) is 1.95. The van der Waals surface area contributed by atoms with E-state index in [-0.39, 0.29) is 0 Å². The maximum absolute atomic E-state index is 6.69. The fourth-order valence-corrected chi connectivity index (χ4v) is 1.48. The lowest BCUT2D eigenvalue weighted by Gasteiger charge is -1.97. The molecule has 0 aliphatic heterocycles. The van der Waals surface area contributed by atoms with Crippen molar-refractivity contribution >= 4 is 15.9 Å². The molecule has 1 nitrogen and oxygen atoms in total. The highest BCUT2D eigenvalue weighted by Gasteiger charge is 2.00. The highest BCUT2D eigenvalue weighted by molar-refractivity contribution is 9.10. The van der Waals surface area contributed by atoms with Gasteiger partial charge in [-0.25, -0.2) is 6.57 Å². The van der Waals surface area contributed by atoms with Crippen molar-refractivity contribution in [3.05, 3.63) is 45.2 Å². The second kappa shape index (κ2) is 3.54. The van der Waals surface area contributed by atoms with Crippen molar-refractivity contribution in [1.82, 2.24) is 0 Å². The van der Waals surface area contributed by atoms with Gasteiger partial charge in [0.2, 0.25) is 6.54 Å². The van der Waals surface area contributed by atoms with Gasteiger partial charge >= 0.3 is 0 Å². The van der Waals surface area contributed by atoms with Crippen LogP contribution in [0.2, 0.25) is 0 Å². The molecule has 2 heteroatoms. The standard InChI is InChI=1S/C9H8BrN/c1-7-3-4-8(6-11-2)9(10)5-7/h3-5H,6H2,1H3. The van der Waals surface area contributed by atoms with Gasteiger partial charge in [-0.15, -0.1) is 0 Å². The van der Waals surface area contributed by atoms with Gasteiger partial charge in [-0.05, 0) is 18.6 Å². The third kappa shape index (κ3) is 2.06. The van der Waals surface area contributed by atoms with E-state index in [1.54, 1.807) is 0 Å². The van der Waals surface area contributed by atoms with Crippen molar-refractivity contribution in [3.8, 4) is 0 Å². The van der Waals surface area contributed by atoms with Gasteiger partial charge in [-0.3, -0.25) is 0 Å². The second-order valence-electron chi connectivity index (χ2n) is 2.41. The van der Waals surface area contributed by atoms with Gasteiger partial charge in [0, 0.05) is 10.0 Å². The minimum Gasteiger partial charge on any atom is -0.312 e. The third-order valence-corrected chi connectivity index (χ3v) is 2.20. The number of benzene rings is 1. The van der Waals surface area contributed by atoms with E-state index < -0.39 is 0 Å². The SMILES string of the molecule is [C-]#[N+]Cc1ccc(C)cc1Br. The quantitative estimate of drug-likeness (QED) is 0.627. The van der Waals surface area contributed by atoms with Crippen LogP contribution in [0, 0.1) is 13.5 Å². The highest BCUT2D eigenvalue weighted by atomic mass is 79.9. The number of aryl methyl sites for hydroxylation is 1. The van der Waals surface area contributed by atoms with E-state index in [1.165, 1.54) is 5.56 Å². The van der Waals surface area contributed by atoms with Crippen molar-refractivity contribution in [2.24, 2.45) is 0 Å². The molecule has 0 saturated heterocycles. The summed E-state index contributed by atoms with van der Waals surface area (Å²) in [4.78, 5) is 3.32. The van der Waals surface area contributed by atoms with Gasteiger partial charge in [0.05, 0.1) is 0 Å². The van der Waals surface area contributed by atoms with Crippen LogP contribution >= 0.6 is 15.9 Å². The molecule has 0 bridgehead atoms. The highest BCUT2D eigenvalue weighted by Crippen LogP contribution is 2.18. The fourth-order valence-electron chi connectivity index (χ4n) is 0.866. The molecule has 0 heterocycles. The first kappa shape index (κ1) is 8.29. The van der Waals surface area contributed by atoms with Gasteiger partial charge in [0.1, 0.15) is 0 Å². The van der Waals surface area contributed by atoms with Crippen LogP contribution in [0.5, 0.6) is 0 Å². The molecule has 0 saturated carbocycles. The van der Waals surface area contributed by atoms with E-state index in [0.717, 1.165) is 10.0 Å². The van der Waals surface area contributed by atoms with Crippen LogP contribution in [-0.2, 0) is 6.54 Å². The Kier molecular flexibility index (Phi) is 2.67. The topological polar surface area (TPSA) is 4.36 Å². The van der Waals surface area contributed by atoms with E-state index in [4.69, 9.17) is 6.57 Å². The molecule has 1 rings (SSSR count). The Labute approximate surface area is 75.0 Å². The Morgan fingerprint density at radius 1 is 1.55 bits per heavy atom. The minimum absolute atomic E-state index is 0.459. The first-order valence-electron chi connectivity index (χ1n) is 3.32. The van der Waals surface area contributed by atoms with Crippen LogP contribution in [0.1, 0.15) is 11.1 Å². The molecule has 11 heavy (non-hydrogen) atoms. The summed E-state index contributed by atoms with van der Waals surface area (Å²) in [6.07, 6.45) is 0. The monoisotopic (exact) mass is 209 g/mol. The second-order valence-corrected chi connectivity index (χ2v) is 3.27. The molecular weight excluding hydrogens is 202 g/mol. The molecule has 0 fully saturated rings. The van der Waals surface area contributed by atoms with E-state index in [2.05, 4.69) is 20.8 Å². The summed E-state index contributed by atoms with van der Waals surface area (Å²) in [5.41, 5.74) is 2.27. The summed E-state index contributed by atoms with van der Waals surface area (Å²) in [7, 11) is 0. The van der Waals surface area contributed by atoms with Crippen LogP contribution in [0.15, 0.2) is 22.7 Å². The van der Waals surface area contributed by atoms with Crippen molar-refractivity contribution in [2.75, 3.05) is 0 Å². The molecule has 0 atom stereocenters. The number of rotatable bonds is 1. The Bertz CT molecular complexity index is 299. The van der Waals surface area contributed by atoms with Gasteiger partial charge in [0.15, 0.2) is 0 Å². The molecule has 0 unspecified atom stereocenters. The third-order valence-electron chi connectivity index (χ3n) is 1.46. The molecule has 0 aliphatic carbocycles. The summed E-state index contributed by atoms with van der Waals surface area (Å²) in [6, 6.07) is 6.03. The van der Waals surface area contributed by atoms with Crippen molar-refractivity contribution in [3.63, 3.8) is 0 Å². The molecule has 0 N–H and O–H groups in total. The molecule has 1 aromatic rings. The van der Waals surface area contributed by atoms with Crippen molar-refractivity contribution < 1.29 is 0 Å². The Morgan fingerprint density at radius 3 is 2.82 bits per heavy atom. The molecule has 0 spiro atoms. The molecule has 56 valence electrons. The smallest absolute Gasteiger partial charge is 0.240 e. The fraction of sp³-hybridized carbons (Fsp3) is 0.222. The average molecular weight is 210 g/mol.